The first-order valence-corrected chi connectivity index (χ1v) is 23.6. The summed E-state index contributed by atoms with van der Waals surface area (Å²) < 4.78 is 40.6. The molecule has 11 rings (SSSR count). The van der Waals surface area contributed by atoms with E-state index in [1.165, 1.54) is 15.3 Å². The monoisotopic (exact) mass is 907 g/mol. The number of morpholine rings is 1. The Hall–Kier alpha value is -5.82. The van der Waals surface area contributed by atoms with Crippen LogP contribution in [0.1, 0.15) is 117 Å². The highest BCUT2D eigenvalue weighted by Gasteiger charge is 2.48. The number of alkyl halides is 2. The molecule has 4 saturated heterocycles. The molecule has 1 aromatic carbocycles. The lowest BCUT2D eigenvalue weighted by Crippen LogP contribution is -2.49. The molecule has 1 spiro atoms. The number of nitrogens with one attached hydrogen (secondary N) is 2. The van der Waals surface area contributed by atoms with Crippen molar-refractivity contribution < 1.29 is 32.7 Å². The van der Waals surface area contributed by atoms with Crippen molar-refractivity contribution >= 4 is 51.7 Å². The van der Waals surface area contributed by atoms with Gasteiger partial charge in [0.25, 0.3) is 12.3 Å². The summed E-state index contributed by atoms with van der Waals surface area (Å²) in [6.07, 6.45) is 11.8. The number of ether oxygens (including phenoxy) is 1. The normalized spacial score (nSPS) is 25.6. The number of anilines is 2. The van der Waals surface area contributed by atoms with Gasteiger partial charge < -0.3 is 19.9 Å². The second-order valence-electron chi connectivity index (χ2n) is 19.8. The molecule has 348 valence electrons. The predicted octanol–water partition coefficient (Wildman–Crippen LogP) is 5.15. The van der Waals surface area contributed by atoms with E-state index in [-0.39, 0.29) is 71.0 Å². The molecule has 1 unspecified atom stereocenters. The Morgan fingerprint density at radius 2 is 1.83 bits per heavy atom. The van der Waals surface area contributed by atoms with Gasteiger partial charge >= 0.3 is 5.69 Å². The van der Waals surface area contributed by atoms with Crippen molar-refractivity contribution in [3.8, 4) is 0 Å². The second-order valence-corrected chi connectivity index (χ2v) is 19.8. The van der Waals surface area contributed by atoms with E-state index >= 15 is 0 Å². The zero-order valence-corrected chi connectivity index (χ0v) is 37.0. The maximum Gasteiger partial charge on any atom is 0.329 e. The zero-order chi connectivity index (χ0) is 45.4. The van der Waals surface area contributed by atoms with Crippen molar-refractivity contribution in [2.24, 2.45) is 24.3 Å². The molecule has 2 bridgehead atoms. The van der Waals surface area contributed by atoms with E-state index in [1.807, 2.05) is 24.3 Å². The standard InChI is InChI=1S/C47H55F2N11O6/c1-55-41-28(3-2-4-35(41)60(46(55)65)36-10-12-39(62)53-45(36)64)7-11-37(61)29-20-47(21-29)14-17-56(18-15-47)23-27-5-8-30(9-6-27)59-25-34(40(54-59)42(48)49)51-44(63)33-22-50-58-16-13-38(52-43(33)58)57-24-32-19-31(57)26-66-32/h2-4,13,16,22,25,27,29-32,36,42H,5-12,14-15,17-21,23-24,26H2,1H3,(H,51,63)(H,53,62,64)/t27?,30?,31-,32-,36?/m1/s1. The first-order chi connectivity index (χ1) is 31.9. The van der Waals surface area contributed by atoms with Gasteiger partial charge in [-0.1, -0.05) is 12.1 Å². The first kappa shape index (κ1) is 42.8. The molecule has 5 aromatic rings. The molecule has 4 aliphatic heterocycles. The third-order valence-corrected chi connectivity index (χ3v) is 15.8. The van der Waals surface area contributed by atoms with Crippen molar-refractivity contribution in [2.45, 2.75) is 114 Å². The molecule has 19 heteroatoms. The number of carbonyl (C=O) groups excluding carboxylic acids is 4. The van der Waals surface area contributed by atoms with Crippen molar-refractivity contribution in [1.29, 1.82) is 0 Å². The van der Waals surface area contributed by atoms with Crippen LogP contribution < -0.4 is 21.2 Å². The maximum atomic E-state index is 14.3. The number of benzene rings is 1. The molecule has 17 nitrogen and oxygen atoms in total. The quantitative estimate of drug-likeness (QED) is 0.158. The molecule has 8 heterocycles. The number of halogens is 2. The zero-order valence-electron chi connectivity index (χ0n) is 37.0. The molecule has 3 atom stereocenters. The number of imidazole rings is 1. The lowest BCUT2D eigenvalue weighted by atomic mass is 9.56. The number of hydrogen-bond acceptors (Lipinski definition) is 11. The number of ketones is 1. The molecular formula is C47H55F2N11O6. The summed E-state index contributed by atoms with van der Waals surface area (Å²) in [4.78, 5) is 74.3. The van der Waals surface area contributed by atoms with E-state index in [4.69, 9.17) is 9.72 Å². The molecule has 66 heavy (non-hydrogen) atoms. The minimum absolute atomic E-state index is 0.00576. The van der Waals surface area contributed by atoms with Crippen LogP contribution in [0, 0.1) is 17.3 Å². The van der Waals surface area contributed by atoms with Crippen molar-refractivity contribution in [3.05, 3.63) is 70.2 Å². The minimum atomic E-state index is -2.86. The first-order valence-electron chi connectivity index (χ1n) is 23.6. The molecule has 2 aliphatic carbocycles. The Balaban J connectivity index is 0.648. The third kappa shape index (κ3) is 7.70. The smallest absolute Gasteiger partial charge is 0.329 e. The van der Waals surface area contributed by atoms with Crippen LogP contribution in [0.4, 0.5) is 20.3 Å². The van der Waals surface area contributed by atoms with Crippen LogP contribution in [0.15, 0.2) is 47.7 Å². The van der Waals surface area contributed by atoms with Gasteiger partial charge in [0.15, 0.2) is 11.3 Å². The molecule has 3 amide bonds. The van der Waals surface area contributed by atoms with Crippen LogP contribution in [0.3, 0.4) is 0 Å². The van der Waals surface area contributed by atoms with E-state index in [0.29, 0.717) is 36.5 Å². The Morgan fingerprint density at radius 1 is 1.03 bits per heavy atom. The third-order valence-electron chi connectivity index (χ3n) is 15.8. The van der Waals surface area contributed by atoms with Gasteiger partial charge in [-0.25, -0.2) is 23.1 Å². The average molecular weight is 908 g/mol. The summed E-state index contributed by atoms with van der Waals surface area (Å²) in [7, 11) is 1.69. The summed E-state index contributed by atoms with van der Waals surface area (Å²) >= 11 is 0. The number of imide groups is 1. The molecule has 6 aliphatic rings. The highest BCUT2D eigenvalue weighted by molar-refractivity contribution is 6.08. The minimum Gasteiger partial charge on any atom is -0.374 e. The van der Waals surface area contributed by atoms with Gasteiger partial charge in [-0.05, 0) is 113 Å². The van der Waals surface area contributed by atoms with Crippen molar-refractivity contribution in [3.63, 3.8) is 0 Å². The summed E-state index contributed by atoms with van der Waals surface area (Å²) in [5.41, 5.74) is 2.24. The largest absolute Gasteiger partial charge is 0.374 e. The van der Waals surface area contributed by atoms with Crippen LogP contribution in [0.5, 0.6) is 0 Å². The van der Waals surface area contributed by atoms with Gasteiger partial charge in [-0.15, -0.1) is 0 Å². The van der Waals surface area contributed by atoms with Gasteiger partial charge in [0.1, 0.15) is 23.2 Å². The van der Waals surface area contributed by atoms with E-state index in [0.717, 1.165) is 101 Å². The van der Waals surface area contributed by atoms with E-state index in [9.17, 15) is 32.8 Å². The molecule has 2 saturated carbocycles. The van der Waals surface area contributed by atoms with Crippen LogP contribution >= 0.6 is 0 Å². The van der Waals surface area contributed by atoms with Crippen LogP contribution in [0.2, 0.25) is 0 Å². The topological polar surface area (TPSA) is 183 Å². The van der Waals surface area contributed by atoms with Gasteiger partial charge in [0, 0.05) is 51.3 Å². The Morgan fingerprint density at radius 3 is 2.56 bits per heavy atom. The van der Waals surface area contributed by atoms with Gasteiger partial charge in [0.05, 0.1) is 47.7 Å². The summed E-state index contributed by atoms with van der Waals surface area (Å²) in [5.74, 6) is 0.165. The fourth-order valence-corrected chi connectivity index (χ4v) is 12.1. The number of likely N-dealkylation sites (tertiary alicyclic amines) is 1. The maximum absolute atomic E-state index is 14.3. The van der Waals surface area contributed by atoms with E-state index in [1.54, 1.807) is 28.7 Å². The number of hydrogen-bond donors (Lipinski definition) is 2. The SMILES string of the molecule is Cn1c(=O)n(C2CCC(=O)NC2=O)c2cccc(CCC(=O)C3CC4(CCN(CC5CCC(n6cc(NC(=O)c7cnn8ccc(N9C[C@H]%10C[C@@H]9CO%10)nc78)c(C(F)F)n6)CC5)CC4)C3)c21. The molecule has 6 fully saturated rings. The Bertz CT molecular complexity index is 2790. The predicted molar refractivity (Wildman–Crippen MR) is 237 cm³/mol. The van der Waals surface area contributed by atoms with Crippen LogP contribution in [-0.2, 0) is 32.6 Å². The number of Topliss-reactive ketones (excluding diaryl/α,β-unsaturated/α-hetero) is 1. The number of para-hydroxylation sites is 1. The lowest BCUT2D eigenvalue weighted by molar-refractivity contribution is -0.136. The average Bonchev–Trinajstić information content (AvgIpc) is 4.15. The fraction of sp³-hybridized carbons (Fsp3) is 0.574. The Kier molecular flexibility index (Phi) is 10.9. The lowest BCUT2D eigenvalue weighted by Gasteiger charge is -2.52. The van der Waals surface area contributed by atoms with Crippen LogP contribution in [0.25, 0.3) is 16.7 Å². The van der Waals surface area contributed by atoms with Crippen molar-refractivity contribution in [1.82, 2.24) is 43.7 Å². The molecule has 0 radical (unpaired) electrons. The van der Waals surface area contributed by atoms with Crippen molar-refractivity contribution in [2.75, 3.05) is 43.0 Å². The Labute approximate surface area is 378 Å². The second kappa shape index (κ2) is 16.8. The number of piperidine rings is 2. The number of carbonyl (C=O) groups is 4. The number of rotatable bonds is 12. The summed E-state index contributed by atoms with van der Waals surface area (Å²) in [6, 6.07) is 6.93. The number of amides is 3. The summed E-state index contributed by atoms with van der Waals surface area (Å²) in [6.45, 7) is 4.37. The van der Waals surface area contributed by atoms with Crippen LogP contribution in [-0.4, -0.2) is 107 Å². The van der Waals surface area contributed by atoms with E-state index < -0.39 is 30.0 Å². The number of fused-ring (bicyclic) bond motifs is 4. The number of aryl methyl sites for hydroxylation is 2. The van der Waals surface area contributed by atoms with Gasteiger partial charge in [-0.2, -0.15) is 10.2 Å². The summed E-state index contributed by atoms with van der Waals surface area (Å²) in [5, 5.41) is 13.6. The highest BCUT2D eigenvalue weighted by atomic mass is 19.3. The molecular weight excluding hydrogens is 853 g/mol. The van der Waals surface area contributed by atoms with Gasteiger partial charge in [-0.3, -0.25) is 38.3 Å². The number of nitrogens with zero attached hydrogens (tertiary/aromatic N) is 9. The molecule has 4 aromatic heterocycles. The van der Waals surface area contributed by atoms with Gasteiger partial charge in [0.2, 0.25) is 11.8 Å². The highest BCUT2D eigenvalue weighted by Crippen LogP contribution is 2.53. The number of aromatic nitrogens is 7. The van der Waals surface area contributed by atoms with E-state index in [2.05, 4.69) is 30.6 Å². The fourth-order valence-electron chi connectivity index (χ4n) is 12.1. The molecule has 2 N–H and O–H groups in total.